The molecule has 1 fully saturated rings. The molecule has 2 aromatic rings. The summed E-state index contributed by atoms with van der Waals surface area (Å²) in [6, 6.07) is 6.15. The number of aromatic nitrogens is 3. The first-order valence-electron chi connectivity index (χ1n) is 9.28. The van der Waals surface area contributed by atoms with Gasteiger partial charge in [0.15, 0.2) is 15.0 Å². The lowest BCUT2D eigenvalue weighted by Crippen LogP contribution is -2.32. The third kappa shape index (κ3) is 3.67. The van der Waals surface area contributed by atoms with E-state index in [0.717, 1.165) is 4.31 Å². The monoisotopic (exact) mass is 468 g/mol. The molecule has 0 unspecified atom stereocenters. The van der Waals surface area contributed by atoms with E-state index in [1.165, 1.54) is 23.9 Å². The van der Waals surface area contributed by atoms with Gasteiger partial charge in [-0.05, 0) is 18.6 Å². The molecule has 0 spiro atoms. The first-order valence-corrected chi connectivity index (χ1v) is 13.5. The Morgan fingerprint density at radius 3 is 2.63 bits per heavy atom. The second-order valence-corrected chi connectivity index (χ2v) is 12.2. The van der Waals surface area contributed by atoms with Crippen molar-refractivity contribution in [3.05, 3.63) is 48.3 Å². The summed E-state index contributed by atoms with van der Waals surface area (Å²) in [5, 5.41) is 8.89. The molecule has 2 aliphatic heterocycles. The van der Waals surface area contributed by atoms with Crippen LogP contribution in [0.25, 0.3) is 0 Å². The molecule has 1 aromatic heterocycles. The molecule has 12 heteroatoms. The van der Waals surface area contributed by atoms with Crippen LogP contribution in [0.15, 0.2) is 47.0 Å². The van der Waals surface area contributed by atoms with Crippen molar-refractivity contribution in [1.82, 2.24) is 19.1 Å². The first kappa shape index (κ1) is 21.1. The van der Waals surface area contributed by atoms with E-state index in [0.29, 0.717) is 23.9 Å². The second kappa shape index (κ2) is 7.82. The quantitative estimate of drug-likeness (QED) is 0.441. The number of hydrogen-bond acceptors (Lipinski definition) is 8. The number of sulfonamides is 1. The van der Waals surface area contributed by atoms with Crippen molar-refractivity contribution in [2.24, 2.45) is 0 Å². The molecule has 0 bridgehead atoms. The fourth-order valence-corrected chi connectivity index (χ4v) is 7.98. The predicted molar refractivity (Wildman–Crippen MR) is 112 cm³/mol. The summed E-state index contributed by atoms with van der Waals surface area (Å²) < 4.78 is 51.6. The number of fused-ring (bicyclic) bond motifs is 1. The van der Waals surface area contributed by atoms with Crippen LogP contribution in [0, 0.1) is 0 Å². The van der Waals surface area contributed by atoms with Crippen molar-refractivity contribution in [3.8, 4) is 0 Å². The molecule has 9 nitrogen and oxygen atoms in total. The van der Waals surface area contributed by atoms with Crippen LogP contribution >= 0.6 is 11.8 Å². The van der Waals surface area contributed by atoms with Gasteiger partial charge in [-0.2, -0.15) is 0 Å². The molecular weight excluding hydrogens is 448 g/mol. The van der Waals surface area contributed by atoms with Crippen LogP contribution in [0.3, 0.4) is 0 Å². The minimum absolute atomic E-state index is 0.00535. The molecule has 1 saturated heterocycles. The van der Waals surface area contributed by atoms with Gasteiger partial charge in [-0.25, -0.2) is 21.1 Å². The van der Waals surface area contributed by atoms with Crippen LogP contribution in [0.2, 0.25) is 0 Å². The Labute approximate surface area is 179 Å². The topological polar surface area (TPSA) is 119 Å². The normalized spacial score (nSPS) is 21.7. The Morgan fingerprint density at radius 1 is 1.20 bits per heavy atom. The standard InChI is InChI=1S/C18H20N4O5S3/c1-2-8-21-16(13-7-11-29(24,25)12-13)19-20-18(21)28-10-9-22-17(23)14-5-3-4-6-15(14)30(22,26)27/h2-6,13H,1,7-12H2/t13-/m0/s1. The lowest BCUT2D eigenvalue weighted by atomic mass is 10.1. The minimum atomic E-state index is -3.85. The van der Waals surface area contributed by atoms with Crippen molar-refractivity contribution < 1.29 is 21.6 Å². The maximum absolute atomic E-state index is 12.6. The zero-order valence-electron chi connectivity index (χ0n) is 16.0. The summed E-state index contributed by atoms with van der Waals surface area (Å²) in [4.78, 5) is 12.5. The number of thioether (sulfide) groups is 1. The molecule has 0 N–H and O–H groups in total. The highest BCUT2D eigenvalue weighted by Crippen LogP contribution is 2.32. The van der Waals surface area contributed by atoms with Crippen LogP contribution in [0.5, 0.6) is 0 Å². The molecule has 2 aliphatic rings. The molecule has 0 saturated carbocycles. The first-order chi connectivity index (χ1) is 14.2. The number of benzene rings is 1. The molecule has 3 heterocycles. The van der Waals surface area contributed by atoms with Crippen LogP contribution in [-0.2, 0) is 26.4 Å². The van der Waals surface area contributed by atoms with Crippen molar-refractivity contribution in [2.45, 2.75) is 28.9 Å². The molecule has 0 radical (unpaired) electrons. The number of amides is 1. The van der Waals surface area contributed by atoms with E-state index in [-0.39, 0.29) is 40.2 Å². The maximum atomic E-state index is 12.6. The van der Waals surface area contributed by atoms with E-state index >= 15 is 0 Å². The van der Waals surface area contributed by atoms with Crippen LogP contribution in [0.4, 0.5) is 0 Å². The molecule has 160 valence electrons. The third-order valence-corrected chi connectivity index (χ3v) is 9.65. The van der Waals surface area contributed by atoms with Gasteiger partial charge in [0.05, 0.1) is 17.1 Å². The predicted octanol–water partition coefficient (Wildman–Crippen LogP) is 1.30. The van der Waals surface area contributed by atoms with Gasteiger partial charge >= 0.3 is 0 Å². The Hall–Kier alpha value is -2.18. The van der Waals surface area contributed by atoms with Gasteiger partial charge in [0.2, 0.25) is 0 Å². The van der Waals surface area contributed by atoms with E-state index in [2.05, 4.69) is 16.8 Å². The van der Waals surface area contributed by atoms with Crippen LogP contribution < -0.4 is 0 Å². The van der Waals surface area contributed by atoms with E-state index < -0.39 is 25.8 Å². The Morgan fingerprint density at radius 2 is 1.97 bits per heavy atom. The summed E-state index contributed by atoms with van der Waals surface area (Å²) in [6.45, 7) is 4.14. The molecule has 0 aliphatic carbocycles. The number of nitrogens with zero attached hydrogens (tertiary/aromatic N) is 4. The summed E-state index contributed by atoms with van der Waals surface area (Å²) in [7, 11) is -6.91. The lowest BCUT2D eigenvalue weighted by Gasteiger charge is -2.15. The van der Waals surface area contributed by atoms with Gasteiger partial charge in [0.25, 0.3) is 15.9 Å². The Balaban J connectivity index is 1.49. The van der Waals surface area contributed by atoms with Crippen LogP contribution in [0.1, 0.15) is 28.5 Å². The van der Waals surface area contributed by atoms with Crippen LogP contribution in [-0.4, -0.2) is 65.6 Å². The van der Waals surface area contributed by atoms with Gasteiger partial charge in [-0.3, -0.25) is 4.79 Å². The Bertz CT molecular complexity index is 1220. The number of allylic oxidation sites excluding steroid dienone is 1. The summed E-state index contributed by atoms with van der Waals surface area (Å²) in [5.74, 6) is 0.317. The van der Waals surface area contributed by atoms with E-state index in [1.807, 2.05) is 0 Å². The average molecular weight is 469 g/mol. The lowest BCUT2D eigenvalue weighted by molar-refractivity contribution is 0.0876. The maximum Gasteiger partial charge on any atom is 0.269 e. The van der Waals surface area contributed by atoms with Gasteiger partial charge < -0.3 is 4.57 Å². The SMILES string of the molecule is C=CCn1c(SCCN2C(=O)c3ccccc3S2(=O)=O)nnc1[C@H]1CCS(=O)(=O)C1. The molecular formula is C18H20N4O5S3. The highest BCUT2D eigenvalue weighted by molar-refractivity contribution is 7.99. The van der Waals surface area contributed by atoms with E-state index in [9.17, 15) is 21.6 Å². The van der Waals surface area contributed by atoms with Crippen molar-refractivity contribution in [1.29, 1.82) is 0 Å². The third-order valence-electron chi connectivity index (χ3n) is 5.09. The van der Waals surface area contributed by atoms with Gasteiger partial charge in [0.1, 0.15) is 10.7 Å². The molecule has 4 rings (SSSR count). The minimum Gasteiger partial charge on any atom is -0.302 e. The van der Waals surface area contributed by atoms with Gasteiger partial charge in [0, 0.05) is 24.8 Å². The molecule has 30 heavy (non-hydrogen) atoms. The fraction of sp³-hybridized carbons (Fsp3) is 0.389. The Kier molecular flexibility index (Phi) is 5.49. The number of hydrogen-bond donors (Lipinski definition) is 0. The number of carbonyl (C=O) groups is 1. The van der Waals surface area contributed by atoms with Crippen molar-refractivity contribution in [3.63, 3.8) is 0 Å². The highest BCUT2D eigenvalue weighted by Gasteiger charge is 2.40. The number of sulfone groups is 1. The van der Waals surface area contributed by atoms with E-state index in [1.54, 1.807) is 22.8 Å². The average Bonchev–Trinajstić information content (AvgIpc) is 3.32. The molecule has 1 atom stereocenters. The van der Waals surface area contributed by atoms with E-state index in [4.69, 9.17) is 0 Å². The molecule has 1 aromatic carbocycles. The largest absolute Gasteiger partial charge is 0.302 e. The second-order valence-electron chi connectivity index (χ2n) is 7.07. The van der Waals surface area contributed by atoms with Gasteiger partial charge in [-0.15, -0.1) is 16.8 Å². The molecule has 1 amide bonds. The number of rotatable bonds is 7. The highest BCUT2D eigenvalue weighted by atomic mass is 32.2. The summed E-state index contributed by atoms with van der Waals surface area (Å²) in [5.41, 5.74) is 0.182. The number of carbonyl (C=O) groups excluding carboxylic acids is 1. The smallest absolute Gasteiger partial charge is 0.269 e. The zero-order valence-corrected chi connectivity index (χ0v) is 18.4. The summed E-state index contributed by atoms with van der Waals surface area (Å²) in [6.07, 6.45) is 2.17. The fourth-order valence-electron chi connectivity index (χ4n) is 3.68. The van der Waals surface area contributed by atoms with Crippen molar-refractivity contribution in [2.75, 3.05) is 23.8 Å². The zero-order chi connectivity index (χ0) is 21.5. The van der Waals surface area contributed by atoms with Gasteiger partial charge in [-0.1, -0.05) is 30.0 Å². The van der Waals surface area contributed by atoms with Crippen molar-refractivity contribution >= 4 is 37.5 Å². The summed E-state index contributed by atoms with van der Waals surface area (Å²) >= 11 is 1.27.